The third-order valence-corrected chi connectivity index (χ3v) is 6.61. The molecular formula is C38H38N2. The molecule has 200 valence electrons. The maximum Gasteiger partial charge on any atom is 0.0464 e. The van der Waals surface area contributed by atoms with Crippen molar-refractivity contribution < 1.29 is 0 Å². The lowest BCUT2D eigenvalue weighted by Crippen LogP contribution is -2.15. The van der Waals surface area contributed by atoms with Gasteiger partial charge in [-0.3, -0.25) is 0 Å². The minimum absolute atomic E-state index is 0.975. The molecule has 2 nitrogen and oxygen atoms in total. The quantitative estimate of drug-likeness (QED) is 0.191. The van der Waals surface area contributed by atoms with Crippen LogP contribution in [0.4, 0.5) is 22.7 Å². The maximum absolute atomic E-state index is 4.07. The van der Waals surface area contributed by atoms with Gasteiger partial charge >= 0.3 is 0 Å². The molecule has 0 aromatic heterocycles. The minimum atomic E-state index is 0.975. The van der Waals surface area contributed by atoms with Gasteiger partial charge in [-0.1, -0.05) is 85.5 Å². The summed E-state index contributed by atoms with van der Waals surface area (Å²) >= 11 is 0. The predicted octanol–water partition coefficient (Wildman–Crippen LogP) is 11.1. The average molecular weight is 523 g/mol. The van der Waals surface area contributed by atoms with Crippen LogP contribution in [0.15, 0.2) is 164 Å². The van der Waals surface area contributed by atoms with E-state index in [1.165, 1.54) is 11.1 Å². The van der Waals surface area contributed by atoms with E-state index in [9.17, 15) is 0 Å². The number of hydrogen-bond acceptors (Lipinski definition) is 2. The number of rotatable bonds is 10. The van der Waals surface area contributed by atoms with Crippen molar-refractivity contribution >= 4 is 22.7 Å². The summed E-state index contributed by atoms with van der Waals surface area (Å²) in [5.41, 5.74) is 11.0. The van der Waals surface area contributed by atoms with E-state index in [1.807, 2.05) is 19.1 Å². The maximum atomic E-state index is 4.07. The first kappa shape index (κ1) is 28.2. The molecule has 2 heteroatoms. The molecule has 0 unspecified atom stereocenters. The second-order valence-corrected chi connectivity index (χ2v) is 9.77. The minimum Gasteiger partial charge on any atom is -0.311 e. The summed E-state index contributed by atoms with van der Waals surface area (Å²) in [4.78, 5) is 4.50. The van der Waals surface area contributed by atoms with E-state index in [2.05, 4.69) is 165 Å². The molecule has 0 saturated carbocycles. The van der Waals surface area contributed by atoms with Crippen molar-refractivity contribution in [2.45, 2.75) is 27.7 Å². The average Bonchev–Trinajstić information content (AvgIpc) is 2.97. The van der Waals surface area contributed by atoms with Crippen molar-refractivity contribution in [1.29, 1.82) is 0 Å². The van der Waals surface area contributed by atoms with Crippen LogP contribution in [0.2, 0.25) is 0 Å². The van der Waals surface area contributed by atoms with E-state index < -0.39 is 0 Å². The van der Waals surface area contributed by atoms with E-state index in [0.717, 1.165) is 45.3 Å². The van der Waals surface area contributed by atoms with Gasteiger partial charge in [0.05, 0.1) is 0 Å². The van der Waals surface area contributed by atoms with Gasteiger partial charge in [-0.05, 0) is 111 Å². The number of benzene rings is 4. The fourth-order valence-corrected chi connectivity index (χ4v) is 4.78. The van der Waals surface area contributed by atoms with Gasteiger partial charge in [0.2, 0.25) is 0 Å². The first-order chi connectivity index (χ1) is 19.4. The van der Waals surface area contributed by atoms with E-state index in [-0.39, 0.29) is 0 Å². The first-order valence-electron chi connectivity index (χ1n) is 13.7. The molecule has 0 N–H and O–H groups in total. The lowest BCUT2D eigenvalue weighted by atomic mass is 10.0. The first-order valence-corrected chi connectivity index (χ1v) is 13.7. The largest absolute Gasteiger partial charge is 0.311 e. The Morgan fingerprint density at radius 1 is 0.650 bits per heavy atom. The molecule has 0 atom stereocenters. The molecule has 0 fully saturated rings. The molecule has 4 aromatic rings. The van der Waals surface area contributed by atoms with Crippen molar-refractivity contribution in [3.05, 3.63) is 169 Å². The topological polar surface area (TPSA) is 6.48 Å². The Morgan fingerprint density at radius 3 is 1.65 bits per heavy atom. The Hall–Kier alpha value is -4.82. The summed E-state index contributed by atoms with van der Waals surface area (Å²) < 4.78 is 0. The number of para-hydroxylation sites is 1. The smallest absolute Gasteiger partial charge is 0.0464 e. The summed E-state index contributed by atoms with van der Waals surface area (Å²) in [6.07, 6.45) is 10.3. The van der Waals surface area contributed by atoms with Gasteiger partial charge in [0.25, 0.3) is 0 Å². The standard InChI is InChI=1S/C38H38N2/c1-7-14-33(8-2)39(38-18-13-15-30(6)28-38)36-23-19-31(20-24-36)32-21-25-37(26-22-32)40(34(9-3)27-29(4)5)35-16-11-10-12-17-35/h7-28H,3-4H2,1-2,5-6H3/b14-7-,33-8+,34-27+. The summed E-state index contributed by atoms with van der Waals surface area (Å²) in [6.45, 7) is 16.4. The predicted molar refractivity (Wildman–Crippen MR) is 175 cm³/mol. The molecule has 4 aromatic carbocycles. The highest BCUT2D eigenvalue weighted by Crippen LogP contribution is 2.35. The zero-order chi connectivity index (χ0) is 28.5. The fraction of sp³-hybridized carbons (Fsp3) is 0.105. The van der Waals surface area contributed by atoms with Crippen molar-refractivity contribution in [2.75, 3.05) is 9.80 Å². The highest BCUT2D eigenvalue weighted by atomic mass is 15.2. The Kier molecular flexibility index (Phi) is 9.38. The molecule has 0 heterocycles. The van der Waals surface area contributed by atoms with Crippen LogP contribution in [0.3, 0.4) is 0 Å². The fourth-order valence-electron chi connectivity index (χ4n) is 4.78. The number of aryl methyl sites for hydroxylation is 1. The second-order valence-electron chi connectivity index (χ2n) is 9.77. The summed E-state index contributed by atoms with van der Waals surface area (Å²) in [7, 11) is 0. The van der Waals surface area contributed by atoms with Crippen molar-refractivity contribution in [1.82, 2.24) is 0 Å². The van der Waals surface area contributed by atoms with Crippen LogP contribution in [-0.4, -0.2) is 0 Å². The van der Waals surface area contributed by atoms with E-state index in [0.29, 0.717) is 0 Å². The Balaban J connectivity index is 1.68. The van der Waals surface area contributed by atoms with Crippen LogP contribution in [0, 0.1) is 6.92 Å². The van der Waals surface area contributed by atoms with Gasteiger partial charge in [-0.2, -0.15) is 0 Å². The number of nitrogens with zero attached hydrogens (tertiary/aromatic N) is 2. The van der Waals surface area contributed by atoms with Gasteiger partial charge in [0.15, 0.2) is 0 Å². The van der Waals surface area contributed by atoms with Gasteiger partial charge < -0.3 is 9.80 Å². The molecule has 0 spiro atoms. The number of allylic oxidation sites excluding steroid dienone is 6. The van der Waals surface area contributed by atoms with Crippen molar-refractivity contribution in [3.63, 3.8) is 0 Å². The lowest BCUT2D eigenvalue weighted by Gasteiger charge is -2.27. The third-order valence-electron chi connectivity index (χ3n) is 6.61. The Morgan fingerprint density at radius 2 is 1.18 bits per heavy atom. The third kappa shape index (κ3) is 6.59. The SMILES string of the molecule is C=C/C(=C\C(=C)C)N(c1ccccc1)c1ccc(-c2ccc(N(C(/C=C\C)=C/C)c3cccc(C)c3)cc2)cc1. The van der Waals surface area contributed by atoms with Crippen LogP contribution < -0.4 is 9.80 Å². The van der Waals surface area contributed by atoms with Crippen LogP contribution in [-0.2, 0) is 0 Å². The highest BCUT2D eigenvalue weighted by molar-refractivity contribution is 5.76. The summed E-state index contributed by atoms with van der Waals surface area (Å²) in [6, 6.07) is 36.4. The molecule has 0 radical (unpaired) electrons. The molecule has 0 aliphatic heterocycles. The highest BCUT2D eigenvalue weighted by Gasteiger charge is 2.15. The van der Waals surface area contributed by atoms with Gasteiger partial charge in [-0.15, -0.1) is 0 Å². The molecule has 40 heavy (non-hydrogen) atoms. The molecule has 0 saturated heterocycles. The van der Waals surface area contributed by atoms with Gasteiger partial charge in [0, 0.05) is 34.1 Å². The molecule has 0 bridgehead atoms. The van der Waals surface area contributed by atoms with E-state index in [4.69, 9.17) is 0 Å². The van der Waals surface area contributed by atoms with E-state index in [1.54, 1.807) is 0 Å². The van der Waals surface area contributed by atoms with Crippen LogP contribution in [0.5, 0.6) is 0 Å². The monoisotopic (exact) mass is 522 g/mol. The number of anilines is 4. The normalized spacial score (nSPS) is 11.9. The summed E-state index contributed by atoms with van der Waals surface area (Å²) in [5, 5.41) is 0. The zero-order valence-corrected chi connectivity index (χ0v) is 24.0. The van der Waals surface area contributed by atoms with Crippen LogP contribution in [0.25, 0.3) is 11.1 Å². The lowest BCUT2D eigenvalue weighted by molar-refractivity contribution is 1.19. The molecule has 0 aliphatic rings. The Labute approximate surface area is 240 Å². The molecule has 4 rings (SSSR count). The van der Waals surface area contributed by atoms with Crippen LogP contribution in [0.1, 0.15) is 26.3 Å². The molecule has 0 amide bonds. The van der Waals surface area contributed by atoms with Crippen molar-refractivity contribution in [3.8, 4) is 11.1 Å². The molecule has 0 aliphatic carbocycles. The summed E-state index contributed by atoms with van der Waals surface area (Å²) in [5.74, 6) is 0. The zero-order valence-electron chi connectivity index (χ0n) is 24.0. The number of hydrogen-bond donors (Lipinski definition) is 0. The van der Waals surface area contributed by atoms with Gasteiger partial charge in [0.1, 0.15) is 0 Å². The molecular weight excluding hydrogens is 484 g/mol. The van der Waals surface area contributed by atoms with Crippen LogP contribution >= 0.6 is 0 Å². The van der Waals surface area contributed by atoms with Gasteiger partial charge in [-0.25, -0.2) is 0 Å². The Bertz CT molecular complexity index is 1540. The second kappa shape index (κ2) is 13.3. The van der Waals surface area contributed by atoms with Crippen molar-refractivity contribution in [2.24, 2.45) is 0 Å². The van der Waals surface area contributed by atoms with E-state index >= 15 is 0 Å².